The molecule has 0 atom stereocenters. The molecule has 0 spiro atoms. The number of carbonyl (C=O) groups is 2. The van der Waals surface area contributed by atoms with E-state index in [-0.39, 0.29) is 17.0 Å². The fraction of sp³-hybridized carbons (Fsp3) is 0.417. The second-order valence-corrected chi connectivity index (χ2v) is 9.80. The Hall–Kier alpha value is -1.83. The second-order valence-electron chi connectivity index (χ2n) is 8.14. The van der Waals surface area contributed by atoms with Crippen molar-refractivity contribution in [3.05, 3.63) is 68.8 Å². The molecule has 4 heteroatoms. The van der Waals surface area contributed by atoms with Crippen molar-refractivity contribution < 1.29 is 14.1 Å². The van der Waals surface area contributed by atoms with E-state index in [1.54, 1.807) is 0 Å². The maximum absolute atomic E-state index is 13.5. The van der Waals surface area contributed by atoms with E-state index in [4.69, 9.17) is 4.52 Å². The lowest BCUT2D eigenvalue weighted by Gasteiger charge is -2.21. The lowest BCUT2D eigenvalue weighted by molar-refractivity contribution is 0.102. The summed E-state index contributed by atoms with van der Waals surface area (Å²) in [6, 6.07) is 7.96. The Labute approximate surface area is 170 Å². The van der Waals surface area contributed by atoms with E-state index in [9.17, 15) is 9.59 Å². The highest BCUT2D eigenvalue weighted by Crippen LogP contribution is 2.47. The molecule has 0 radical (unpaired) electrons. The first-order chi connectivity index (χ1) is 13.0. The first-order valence-electron chi connectivity index (χ1n) is 9.70. The number of aryl methyl sites for hydroxylation is 6. The van der Waals surface area contributed by atoms with Crippen molar-refractivity contribution in [2.24, 2.45) is 5.92 Å². The molecule has 3 nitrogen and oxygen atoms in total. The standard InChI is InChI=1S/C24H31O3P/c1-14(2)13-27-28(23(25)21-17(5)9-15(3)10-18(21)6)24(26)22-19(7)11-16(4)12-20(22)8/h9-12,14H,13H2,1-8H3. The van der Waals surface area contributed by atoms with Gasteiger partial charge in [0.15, 0.2) is 8.15 Å². The highest BCUT2D eigenvalue weighted by Gasteiger charge is 2.33. The fourth-order valence-corrected chi connectivity index (χ4v) is 5.65. The predicted molar refractivity (Wildman–Crippen MR) is 118 cm³/mol. The van der Waals surface area contributed by atoms with Gasteiger partial charge in [-0.1, -0.05) is 49.2 Å². The maximum Gasteiger partial charge on any atom is 0.220 e. The Morgan fingerprint density at radius 2 is 1.07 bits per heavy atom. The Balaban J connectivity index is 2.54. The van der Waals surface area contributed by atoms with Crippen molar-refractivity contribution in [2.75, 3.05) is 6.61 Å². The van der Waals surface area contributed by atoms with Crippen LogP contribution in [0.5, 0.6) is 0 Å². The van der Waals surface area contributed by atoms with E-state index in [2.05, 4.69) is 0 Å². The molecule has 0 aliphatic heterocycles. The van der Waals surface area contributed by atoms with E-state index in [0.717, 1.165) is 33.4 Å². The van der Waals surface area contributed by atoms with Gasteiger partial charge in [0, 0.05) is 11.1 Å². The molecule has 0 heterocycles. The number of carbonyl (C=O) groups excluding carboxylic acids is 2. The molecule has 150 valence electrons. The predicted octanol–water partition coefficient (Wildman–Crippen LogP) is 6.59. The third kappa shape index (κ3) is 4.96. The van der Waals surface area contributed by atoms with Gasteiger partial charge in [-0.2, -0.15) is 0 Å². The van der Waals surface area contributed by atoms with E-state index in [1.165, 1.54) is 0 Å². The SMILES string of the molecule is Cc1cc(C)c(C(=O)P(OCC(C)C)C(=O)c2c(C)cc(C)cc2C)c(C)c1. The van der Waals surface area contributed by atoms with Crippen molar-refractivity contribution in [1.29, 1.82) is 0 Å². The highest BCUT2D eigenvalue weighted by molar-refractivity contribution is 7.86. The minimum Gasteiger partial charge on any atom is -0.344 e. The molecule has 2 aromatic rings. The van der Waals surface area contributed by atoms with Crippen LogP contribution in [-0.2, 0) is 4.52 Å². The molecule has 0 fully saturated rings. The van der Waals surface area contributed by atoms with E-state index in [1.807, 2.05) is 79.7 Å². The van der Waals surface area contributed by atoms with Gasteiger partial charge in [-0.3, -0.25) is 9.59 Å². The zero-order chi connectivity index (χ0) is 21.2. The van der Waals surface area contributed by atoms with E-state index < -0.39 is 8.15 Å². The van der Waals surface area contributed by atoms with Crippen LogP contribution in [0.2, 0.25) is 0 Å². The maximum atomic E-state index is 13.5. The van der Waals surface area contributed by atoms with Crippen LogP contribution >= 0.6 is 8.15 Å². The van der Waals surface area contributed by atoms with Gasteiger partial charge >= 0.3 is 0 Å². The second kappa shape index (κ2) is 9.11. The van der Waals surface area contributed by atoms with Gasteiger partial charge < -0.3 is 4.52 Å². The molecule has 0 bridgehead atoms. The van der Waals surface area contributed by atoms with Crippen LogP contribution < -0.4 is 0 Å². The van der Waals surface area contributed by atoms with Crippen molar-refractivity contribution in [1.82, 2.24) is 0 Å². The summed E-state index contributed by atoms with van der Waals surface area (Å²) in [5.74, 6) is 0.242. The third-order valence-electron chi connectivity index (χ3n) is 4.69. The average molecular weight is 398 g/mol. The topological polar surface area (TPSA) is 43.4 Å². The number of hydrogen-bond donors (Lipinski definition) is 0. The molecule has 0 aliphatic carbocycles. The molecule has 0 aromatic heterocycles. The van der Waals surface area contributed by atoms with Crippen LogP contribution in [0.3, 0.4) is 0 Å². The zero-order valence-corrected chi connectivity index (χ0v) is 19.2. The number of benzene rings is 2. The zero-order valence-electron chi connectivity index (χ0n) is 18.3. The minimum atomic E-state index is -1.93. The largest absolute Gasteiger partial charge is 0.344 e. The molecule has 2 aromatic carbocycles. The summed E-state index contributed by atoms with van der Waals surface area (Å²) < 4.78 is 5.98. The quantitative estimate of drug-likeness (QED) is 0.494. The smallest absolute Gasteiger partial charge is 0.220 e. The van der Waals surface area contributed by atoms with Crippen LogP contribution in [0.4, 0.5) is 0 Å². The van der Waals surface area contributed by atoms with Gasteiger partial charge in [0.05, 0.1) is 6.61 Å². The molecule has 0 aliphatic rings. The molecule has 0 saturated carbocycles. The fourth-order valence-electron chi connectivity index (χ4n) is 3.67. The van der Waals surface area contributed by atoms with Crippen LogP contribution in [0, 0.1) is 47.5 Å². The summed E-state index contributed by atoms with van der Waals surface area (Å²) in [5, 5.41) is 0. The number of rotatable bonds is 7. The third-order valence-corrected chi connectivity index (χ3v) is 6.28. The molecule has 0 unspecified atom stereocenters. The van der Waals surface area contributed by atoms with Crippen LogP contribution in [0.15, 0.2) is 24.3 Å². The lowest BCUT2D eigenvalue weighted by atomic mass is 10.0. The van der Waals surface area contributed by atoms with Crippen molar-refractivity contribution >= 4 is 19.2 Å². The number of hydrogen-bond acceptors (Lipinski definition) is 3. The average Bonchev–Trinajstić information content (AvgIpc) is 2.52. The summed E-state index contributed by atoms with van der Waals surface area (Å²) in [6.45, 7) is 16.2. The summed E-state index contributed by atoms with van der Waals surface area (Å²) in [6.07, 6.45) is 0. The monoisotopic (exact) mass is 398 g/mol. The Bertz CT molecular complexity index is 797. The summed E-state index contributed by atoms with van der Waals surface area (Å²) in [5.41, 5.74) is 6.67. The van der Waals surface area contributed by atoms with Gasteiger partial charge in [-0.15, -0.1) is 0 Å². The van der Waals surface area contributed by atoms with Crippen LogP contribution in [0.25, 0.3) is 0 Å². The molecule has 28 heavy (non-hydrogen) atoms. The molecular formula is C24H31O3P. The first kappa shape index (κ1) is 22.5. The molecule has 0 amide bonds. The molecule has 2 rings (SSSR count). The highest BCUT2D eigenvalue weighted by atomic mass is 31.1. The van der Waals surface area contributed by atoms with Crippen molar-refractivity contribution in [3.8, 4) is 0 Å². The van der Waals surface area contributed by atoms with Crippen LogP contribution in [0.1, 0.15) is 67.9 Å². The molecular weight excluding hydrogens is 367 g/mol. The summed E-state index contributed by atoms with van der Waals surface area (Å²) >= 11 is 0. The molecule has 0 saturated heterocycles. The van der Waals surface area contributed by atoms with E-state index >= 15 is 0 Å². The molecule has 0 N–H and O–H groups in total. The van der Waals surface area contributed by atoms with Gasteiger partial charge in [0.25, 0.3) is 0 Å². The summed E-state index contributed by atoms with van der Waals surface area (Å²) in [7, 11) is -1.93. The Kier molecular flexibility index (Phi) is 7.31. The van der Waals surface area contributed by atoms with Gasteiger partial charge in [-0.05, 0) is 69.7 Å². The Morgan fingerprint density at radius 1 is 0.750 bits per heavy atom. The van der Waals surface area contributed by atoms with Crippen LogP contribution in [-0.4, -0.2) is 17.7 Å². The first-order valence-corrected chi connectivity index (χ1v) is 11.0. The normalized spacial score (nSPS) is 11.4. The van der Waals surface area contributed by atoms with Gasteiger partial charge in [-0.25, -0.2) is 0 Å². The van der Waals surface area contributed by atoms with Crippen molar-refractivity contribution in [3.63, 3.8) is 0 Å². The lowest BCUT2D eigenvalue weighted by Crippen LogP contribution is -2.15. The van der Waals surface area contributed by atoms with E-state index in [0.29, 0.717) is 17.7 Å². The minimum absolute atomic E-state index is 0.185. The van der Waals surface area contributed by atoms with Crippen molar-refractivity contribution in [2.45, 2.75) is 55.4 Å². The summed E-state index contributed by atoms with van der Waals surface area (Å²) in [4.78, 5) is 27.0. The van der Waals surface area contributed by atoms with Gasteiger partial charge in [0.2, 0.25) is 11.0 Å². The van der Waals surface area contributed by atoms with Gasteiger partial charge in [0.1, 0.15) is 0 Å². The Morgan fingerprint density at radius 3 is 1.36 bits per heavy atom.